The molecular weight excluding hydrogens is 522 g/mol. The predicted molar refractivity (Wildman–Crippen MR) is 161 cm³/mol. The van der Waals surface area contributed by atoms with E-state index in [-0.39, 0.29) is 23.4 Å². The van der Waals surface area contributed by atoms with Crippen molar-refractivity contribution in [3.63, 3.8) is 0 Å². The first kappa shape index (κ1) is 30.9. The van der Waals surface area contributed by atoms with Crippen LogP contribution in [0.25, 0.3) is 0 Å². The minimum atomic E-state index is -4.10. The van der Waals surface area contributed by atoms with Gasteiger partial charge in [-0.1, -0.05) is 72.1 Å². The van der Waals surface area contributed by atoms with Gasteiger partial charge in [-0.25, -0.2) is 8.42 Å². The Labute approximate surface area is 239 Å². The van der Waals surface area contributed by atoms with Gasteiger partial charge in [-0.2, -0.15) is 0 Å². The molecule has 0 saturated heterocycles. The van der Waals surface area contributed by atoms with Crippen molar-refractivity contribution in [1.82, 2.24) is 10.2 Å². The number of hydrogen-bond donors (Lipinski definition) is 1. The van der Waals surface area contributed by atoms with Crippen LogP contribution >= 0.6 is 0 Å². The molecule has 2 atom stereocenters. The van der Waals surface area contributed by atoms with E-state index in [2.05, 4.69) is 5.32 Å². The number of carbonyl (C=O) groups excluding carboxylic acids is 2. The molecule has 0 radical (unpaired) electrons. The van der Waals surface area contributed by atoms with Gasteiger partial charge in [-0.05, 0) is 77.3 Å². The Morgan fingerprint density at radius 3 is 2.08 bits per heavy atom. The van der Waals surface area contributed by atoms with Crippen LogP contribution in [0.5, 0.6) is 0 Å². The second kappa shape index (κ2) is 13.1. The number of amides is 2. The topological polar surface area (TPSA) is 86.8 Å². The largest absolute Gasteiger partial charge is 0.352 e. The molecule has 0 unspecified atom stereocenters. The molecule has 0 heterocycles. The maximum atomic E-state index is 14.1. The molecule has 214 valence electrons. The van der Waals surface area contributed by atoms with Crippen LogP contribution in [0.3, 0.4) is 0 Å². The molecule has 0 aliphatic carbocycles. The van der Waals surface area contributed by atoms with Crippen LogP contribution < -0.4 is 9.62 Å². The average molecular weight is 564 g/mol. The molecule has 0 fully saturated rings. The Bertz CT molecular complexity index is 1450. The number of carbonyl (C=O) groups is 2. The van der Waals surface area contributed by atoms with Gasteiger partial charge in [-0.15, -0.1) is 0 Å². The Balaban J connectivity index is 2.06. The molecule has 3 rings (SSSR count). The minimum absolute atomic E-state index is 0.0560. The van der Waals surface area contributed by atoms with Crippen molar-refractivity contribution in [2.45, 2.75) is 78.4 Å². The van der Waals surface area contributed by atoms with Gasteiger partial charge < -0.3 is 10.2 Å². The summed E-state index contributed by atoms with van der Waals surface area (Å²) >= 11 is 0. The smallest absolute Gasteiger partial charge is 0.264 e. The van der Waals surface area contributed by atoms with Gasteiger partial charge >= 0.3 is 0 Å². The third-order valence-electron chi connectivity index (χ3n) is 7.11. The maximum absolute atomic E-state index is 14.1. The Morgan fingerprint density at radius 1 is 0.850 bits per heavy atom. The molecule has 0 bridgehead atoms. The summed E-state index contributed by atoms with van der Waals surface area (Å²) < 4.78 is 29.2. The highest BCUT2D eigenvalue weighted by Gasteiger charge is 2.33. The van der Waals surface area contributed by atoms with Gasteiger partial charge in [0.15, 0.2) is 0 Å². The van der Waals surface area contributed by atoms with Crippen molar-refractivity contribution in [1.29, 1.82) is 0 Å². The molecule has 0 spiro atoms. The molecule has 7 nitrogen and oxygen atoms in total. The van der Waals surface area contributed by atoms with Crippen LogP contribution in [0.1, 0.15) is 55.0 Å². The van der Waals surface area contributed by atoms with Crippen LogP contribution in [-0.4, -0.2) is 43.8 Å². The fourth-order valence-electron chi connectivity index (χ4n) is 4.49. The van der Waals surface area contributed by atoms with Gasteiger partial charge in [0.25, 0.3) is 10.0 Å². The molecule has 0 aliphatic rings. The number of aryl methyl sites for hydroxylation is 4. The monoisotopic (exact) mass is 563 g/mol. The fraction of sp³-hybridized carbons (Fsp3) is 0.375. The minimum Gasteiger partial charge on any atom is -0.352 e. The Hall–Kier alpha value is -3.65. The number of nitrogens with one attached hydrogen (secondary N) is 1. The van der Waals surface area contributed by atoms with Crippen LogP contribution in [0.15, 0.2) is 71.6 Å². The zero-order chi connectivity index (χ0) is 29.6. The average Bonchev–Trinajstić information content (AvgIpc) is 2.90. The standard InChI is InChI=1S/C32H41N3O4S/c1-8-26(6)33-32(37)27(7)34(20-28-11-9-10-23(3)19-28)31(36)21-35(30-17-14-24(4)18-25(30)5)40(38,39)29-15-12-22(2)13-16-29/h9-19,26-27H,8,20-21H2,1-7H3,(H,33,37)/t26-,27+/m0/s1. The Morgan fingerprint density at radius 2 is 1.48 bits per heavy atom. The number of hydrogen-bond acceptors (Lipinski definition) is 4. The molecule has 0 saturated carbocycles. The number of nitrogens with zero attached hydrogens (tertiary/aromatic N) is 2. The molecule has 40 heavy (non-hydrogen) atoms. The van der Waals surface area contributed by atoms with Crippen molar-refractivity contribution in [2.75, 3.05) is 10.8 Å². The van der Waals surface area contributed by atoms with E-state index in [4.69, 9.17) is 0 Å². The highest BCUT2D eigenvalue weighted by molar-refractivity contribution is 7.92. The van der Waals surface area contributed by atoms with Crippen LogP contribution in [0.4, 0.5) is 5.69 Å². The fourth-order valence-corrected chi connectivity index (χ4v) is 5.97. The maximum Gasteiger partial charge on any atom is 0.264 e. The molecule has 3 aromatic rings. The summed E-state index contributed by atoms with van der Waals surface area (Å²) in [5, 5.41) is 2.96. The summed E-state index contributed by atoms with van der Waals surface area (Å²) in [5.41, 5.74) is 4.95. The third kappa shape index (κ3) is 7.50. The lowest BCUT2D eigenvalue weighted by molar-refractivity contribution is -0.139. The first-order valence-corrected chi connectivity index (χ1v) is 15.1. The van der Waals surface area contributed by atoms with Crippen molar-refractivity contribution in [2.24, 2.45) is 0 Å². The highest BCUT2D eigenvalue weighted by Crippen LogP contribution is 2.28. The van der Waals surface area contributed by atoms with E-state index >= 15 is 0 Å². The predicted octanol–water partition coefficient (Wildman–Crippen LogP) is 5.45. The van der Waals surface area contributed by atoms with Crippen molar-refractivity contribution < 1.29 is 18.0 Å². The quantitative estimate of drug-likeness (QED) is 0.336. The lowest BCUT2D eigenvalue weighted by atomic mass is 10.1. The van der Waals surface area contributed by atoms with Crippen LogP contribution in [0, 0.1) is 27.7 Å². The van der Waals surface area contributed by atoms with E-state index in [1.165, 1.54) is 4.90 Å². The van der Waals surface area contributed by atoms with Gasteiger partial charge in [0.2, 0.25) is 11.8 Å². The van der Waals surface area contributed by atoms with Crippen LogP contribution in [0.2, 0.25) is 0 Å². The lowest BCUT2D eigenvalue weighted by Gasteiger charge is -2.33. The van der Waals surface area contributed by atoms with Crippen molar-refractivity contribution in [3.8, 4) is 0 Å². The van der Waals surface area contributed by atoms with E-state index in [1.54, 1.807) is 37.3 Å². The van der Waals surface area contributed by atoms with Gasteiger partial charge in [0.1, 0.15) is 12.6 Å². The summed E-state index contributed by atoms with van der Waals surface area (Å²) in [5.74, 6) is -0.751. The molecule has 8 heteroatoms. The summed E-state index contributed by atoms with van der Waals surface area (Å²) in [7, 11) is -4.10. The van der Waals surface area contributed by atoms with E-state index in [0.717, 1.165) is 38.5 Å². The Kier molecular flexibility index (Phi) is 10.1. The summed E-state index contributed by atoms with van der Waals surface area (Å²) in [6, 6.07) is 18.9. The SMILES string of the molecule is CC[C@H](C)NC(=O)[C@@H](C)N(Cc1cccc(C)c1)C(=O)CN(c1ccc(C)cc1C)S(=O)(=O)c1ccc(C)cc1. The van der Waals surface area contributed by atoms with E-state index < -0.39 is 28.5 Å². The molecule has 3 aromatic carbocycles. The molecule has 0 aromatic heterocycles. The summed E-state index contributed by atoms with van der Waals surface area (Å²) in [6.45, 7) is 12.9. The number of rotatable bonds is 11. The van der Waals surface area contributed by atoms with Crippen LogP contribution in [-0.2, 0) is 26.2 Å². The highest BCUT2D eigenvalue weighted by atomic mass is 32.2. The number of anilines is 1. The molecular formula is C32H41N3O4S. The second-order valence-corrected chi connectivity index (χ2v) is 12.5. The molecule has 0 aliphatic heterocycles. The second-order valence-electron chi connectivity index (χ2n) is 10.6. The van der Waals surface area contributed by atoms with E-state index in [1.807, 2.05) is 77.9 Å². The molecule has 1 N–H and O–H groups in total. The third-order valence-corrected chi connectivity index (χ3v) is 8.89. The van der Waals surface area contributed by atoms with Crippen molar-refractivity contribution >= 4 is 27.5 Å². The van der Waals surface area contributed by atoms with Gasteiger partial charge in [0, 0.05) is 12.6 Å². The van der Waals surface area contributed by atoms with E-state index in [0.29, 0.717) is 5.69 Å². The number of benzene rings is 3. The molecule has 2 amide bonds. The first-order chi connectivity index (χ1) is 18.8. The van der Waals surface area contributed by atoms with E-state index in [9.17, 15) is 18.0 Å². The zero-order valence-electron chi connectivity index (χ0n) is 24.6. The van der Waals surface area contributed by atoms with Gasteiger partial charge in [-0.3, -0.25) is 13.9 Å². The van der Waals surface area contributed by atoms with Crippen molar-refractivity contribution in [3.05, 3.63) is 94.5 Å². The zero-order valence-corrected chi connectivity index (χ0v) is 25.4. The van der Waals surface area contributed by atoms with Gasteiger partial charge in [0.05, 0.1) is 10.6 Å². The summed E-state index contributed by atoms with van der Waals surface area (Å²) in [4.78, 5) is 28.8. The lowest BCUT2D eigenvalue weighted by Crippen LogP contribution is -2.52. The number of sulfonamides is 1. The summed E-state index contributed by atoms with van der Waals surface area (Å²) in [6.07, 6.45) is 0.750. The first-order valence-electron chi connectivity index (χ1n) is 13.7. The normalized spacial score (nSPS) is 12.9.